The molecule has 1 aliphatic heterocycles. The predicted molar refractivity (Wildman–Crippen MR) is 162 cm³/mol. The number of carbonyl (C=O) groups is 2. The standard InChI is InChI=1S/C32H36FN5O4.2H2/c1-18(20-4-5-20)34-14-19-10-27(31(40)37(2)15-19)30(39)36-29-12-22(11-28(35-29)21-6-7-21)25-9-8-24(42-3)13-26(25)32(41)38-16-23(33)17-38;;/h8-13,15,18,20-21,23,34H,4-7,14,16-17H2,1-3H3,(H,35,36,39);2*1H/t18-;;/m0../s1. The lowest BCUT2D eigenvalue weighted by Crippen LogP contribution is -2.51. The van der Waals surface area contributed by atoms with Crippen LogP contribution in [0.3, 0.4) is 0 Å². The van der Waals surface area contributed by atoms with Gasteiger partial charge in [-0.25, -0.2) is 9.37 Å². The summed E-state index contributed by atoms with van der Waals surface area (Å²) in [4.78, 5) is 45.9. The summed E-state index contributed by atoms with van der Waals surface area (Å²) >= 11 is 0. The maximum atomic E-state index is 13.6. The van der Waals surface area contributed by atoms with Crippen LogP contribution in [-0.4, -0.2) is 58.7 Å². The average molecular weight is 578 g/mol. The minimum Gasteiger partial charge on any atom is -0.497 e. The van der Waals surface area contributed by atoms with Crippen LogP contribution in [0, 0.1) is 5.92 Å². The fourth-order valence-electron chi connectivity index (χ4n) is 5.47. The number of aromatic nitrogens is 2. The van der Waals surface area contributed by atoms with E-state index < -0.39 is 17.6 Å². The largest absolute Gasteiger partial charge is 0.497 e. The van der Waals surface area contributed by atoms with Gasteiger partial charge in [-0.1, -0.05) is 0 Å². The number of methoxy groups -OCH3 is 1. The number of nitrogens with zero attached hydrogens (tertiary/aromatic N) is 3. The van der Waals surface area contributed by atoms with Crippen LogP contribution in [0.2, 0.25) is 0 Å². The van der Waals surface area contributed by atoms with Gasteiger partial charge in [0.2, 0.25) is 0 Å². The number of ether oxygens (including phenoxy) is 1. The monoisotopic (exact) mass is 577 g/mol. The van der Waals surface area contributed by atoms with Crippen molar-refractivity contribution in [3.63, 3.8) is 0 Å². The molecule has 2 aliphatic carbocycles. The predicted octanol–water partition coefficient (Wildman–Crippen LogP) is 4.76. The molecule has 2 N–H and O–H groups in total. The number of hydrogen-bond acceptors (Lipinski definition) is 6. The van der Waals surface area contributed by atoms with Gasteiger partial charge in [0.05, 0.1) is 25.8 Å². The van der Waals surface area contributed by atoms with Crippen molar-refractivity contribution in [2.75, 3.05) is 25.5 Å². The van der Waals surface area contributed by atoms with Gasteiger partial charge in [-0.15, -0.1) is 0 Å². The fraction of sp³-hybridized carbons (Fsp3) is 0.438. The third-order valence-corrected chi connectivity index (χ3v) is 8.42. The molecule has 9 nitrogen and oxygen atoms in total. The van der Waals surface area contributed by atoms with Crippen molar-refractivity contribution < 1.29 is 21.6 Å². The minimum atomic E-state index is -1.02. The summed E-state index contributed by atoms with van der Waals surface area (Å²) < 4.78 is 20.4. The van der Waals surface area contributed by atoms with Gasteiger partial charge in [-0.05, 0) is 91.6 Å². The molecule has 10 heteroatoms. The van der Waals surface area contributed by atoms with E-state index in [0.29, 0.717) is 46.8 Å². The Hall–Kier alpha value is -4.05. The van der Waals surface area contributed by atoms with E-state index in [1.165, 1.54) is 29.4 Å². The number of likely N-dealkylation sites (tertiary alicyclic amines) is 1. The third kappa shape index (κ3) is 5.94. The molecule has 3 heterocycles. The Morgan fingerprint density at radius 1 is 1.12 bits per heavy atom. The topological polar surface area (TPSA) is 106 Å². The summed E-state index contributed by atoms with van der Waals surface area (Å²) in [7, 11) is 3.17. The van der Waals surface area contributed by atoms with E-state index in [2.05, 4.69) is 17.6 Å². The molecule has 6 rings (SSSR count). The van der Waals surface area contributed by atoms with Crippen molar-refractivity contribution in [2.45, 2.75) is 57.3 Å². The van der Waals surface area contributed by atoms with Crippen molar-refractivity contribution in [3.05, 3.63) is 75.3 Å². The first-order valence-electron chi connectivity index (χ1n) is 14.6. The van der Waals surface area contributed by atoms with Crippen molar-refractivity contribution in [2.24, 2.45) is 13.0 Å². The highest BCUT2D eigenvalue weighted by molar-refractivity contribution is 6.05. The maximum Gasteiger partial charge on any atom is 0.263 e. The van der Waals surface area contributed by atoms with Gasteiger partial charge in [0.15, 0.2) is 0 Å². The smallest absolute Gasteiger partial charge is 0.263 e. The number of alkyl halides is 1. The van der Waals surface area contributed by atoms with E-state index in [0.717, 1.165) is 24.1 Å². The van der Waals surface area contributed by atoms with Crippen LogP contribution >= 0.6 is 0 Å². The molecule has 1 atom stereocenters. The lowest BCUT2D eigenvalue weighted by Gasteiger charge is -2.34. The molecule has 2 aromatic heterocycles. The zero-order chi connectivity index (χ0) is 29.5. The first kappa shape index (κ1) is 28.1. The van der Waals surface area contributed by atoms with Gasteiger partial charge in [-0.3, -0.25) is 14.4 Å². The van der Waals surface area contributed by atoms with Crippen molar-refractivity contribution >= 4 is 17.6 Å². The number of nitrogens with one attached hydrogen (secondary N) is 2. The highest BCUT2D eigenvalue weighted by Crippen LogP contribution is 2.41. The summed E-state index contributed by atoms with van der Waals surface area (Å²) in [6.07, 6.45) is 5.16. The average Bonchev–Trinajstić information content (AvgIpc) is 3.88. The highest BCUT2D eigenvalue weighted by atomic mass is 19.1. The molecule has 0 unspecified atom stereocenters. The van der Waals surface area contributed by atoms with Gasteiger partial charge >= 0.3 is 0 Å². The molecule has 0 bridgehead atoms. The number of pyridine rings is 2. The van der Waals surface area contributed by atoms with E-state index in [1.54, 1.807) is 43.6 Å². The van der Waals surface area contributed by atoms with Gasteiger partial charge in [0, 0.05) is 40.3 Å². The van der Waals surface area contributed by atoms with Crippen molar-refractivity contribution in [3.8, 4) is 16.9 Å². The normalized spacial score (nSPS) is 17.5. The van der Waals surface area contributed by atoms with Crippen LogP contribution < -0.4 is 20.9 Å². The van der Waals surface area contributed by atoms with E-state index in [9.17, 15) is 18.8 Å². The van der Waals surface area contributed by atoms with Gasteiger partial charge in [0.25, 0.3) is 17.4 Å². The molecule has 3 aromatic rings. The zero-order valence-electron chi connectivity index (χ0n) is 24.2. The number of benzene rings is 1. The Balaban J connectivity index is 0.00000221. The molecular weight excluding hydrogens is 537 g/mol. The minimum absolute atomic E-state index is 0. The van der Waals surface area contributed by atoms with Crippen LogP contribution in [0.5, 0.6) is 5.75 Å². The Kier molecular flexibility index (Phi) is 7.57. The van der Waals surface area contributed by atoms with Crippen molar-refractivity contribution in [1.29, 1.82) is 0 Å². The molecule has 224 valence electrons. The number of aryl methyl sites for hydroxylation is 1. The number of anilines is 1. The zero-order valence-corrected chi connectivity index (χ0v) is 24.2. The fourth-order valence-corrected chi connectivity index (χ4v) is 5.47. The molecule has 0 spiro atoms. The second kappa shape index (κ2) is 11.3. The molecule has 42 heavy (non-hydrogen) atoms. The molecule has 1 aromatic carbocycles. The van der Waals surface area contributed by atoms with Gasteiger partial charge < -0.3 is 24.8 Å². The Bertz CT molecular complexity index is 1600. The summed E-state index contributed by atoms with van der Waals surface area (Å²) in [6, 6.07) is 10.9. The Labute approximate surface area is 247 Å². The Morgan fingerprint density at radius 2 is 1.88 bits per heavy atom. The van der Waals surface area contributed by atoms with Crippen LogP contribution in [0.1, 0.15) is 73.4 Å². The number of amides is 2. The molecule has 2 saturated carbocycles. The lowest BCUT2D eigenvalue weighted by molar-refractivity contribution is 0.0400. The molecule has 3 aliphatic rings. The van der Waals surface area contributed by atoms with Crippen LogP contribution in [-0.2, 0) is 13.6 Å². The summed E-state index contributed by atoms with van der Waals surface area (Å²) in [5.41, 5.74) is 3.02. The Morgan fingerprint density at radius 3 is 2.55 bits per heavy atom. The first-order chi connectivity index (χ1) is 20.2. The van der Waals surface area contributed by atoms with E-state index >= 15 is 0 Å². The second-order valence-electron chi connectivity index (χ2n) is 11.8. The van der Waals surface area contributed by atoms with E-state index in [1.807, 2.05) is 6.07 Å². The third-order valence-electron chi connectivity index (χ3n) is 8.42. The molecule has 2 amide bonds. The quantitative estimate of drug-likeness (QED) is 0.360. The summed E-state index contributed by atoms with van der Waals surface area (Å²) in [5.74, 6) is 0.942. The van der Waals surface area contributed by atoms with Crippen LogP contribution in [0.4, 0.5) is 10.2 Å². The number of hydrogen-bond donors (Lipinski definition) is 2. The highest BCUT2D eigenvalue weighted by Gasteiger charge is 2.33. The summed E-state index contributed by atoms with van der Waals surface area (Å²) in [6.45, 7) is 2.83. The van der Waals surface area contributed by atoms with Gasteiger partial charge in [0.1, 0.15) is 23.3 Å². The molecule has 3 fully saturated rings. The number of halogens is 1. The van der Waals surface area contributed by atoms with E-state index in [-0.39, 0.29) is 33.3 Å². The SMILES string of the molecule is COc1ccc(-c2cc(NC(=O)c3cc(CN[C@@H](C)C4CC4)cn(C)c3=O)nc(C3CC3)c2)c(C(=O)N2CC(F)C2)c1.[HH].[HH]. The lowest BCUT2D eigenvalue weighted by atomic mass is 9.96. The van der Waals surface area contributed by atoms with Crippen LogP contribution in [0.15, 0.2) is 47.4 Å². The maximum absolute atomic E-state index is 13.6. The van der Waals surface area contributed by atoms with E-state index in [4.69, 9.17) is 9.72 Å². The number of rotatable bonds is 10. The molecule has 0 radical (unpaired) electrons. The van der Waals surface area contributed by atoms with Crippen molar-refractivity contribution in [1.82, 2.24) is 19.8 Å². The van der Waals surface area contributed by atoms with Crippen LogP contribution in [0.25, 0.3) is 11.1 Å². The first-order valence-corrected chi connectivity index (χ1v) is 14.6. The summed E-state index contributed by atoms with van der Waals surface area (Å²) in [5, 5.41) is 6.35. The second-order valence-corrected chi connectivity index (χ2v) is 11.8. The molecule has 1 saturated heterocycles. The van der Waals surface area contributed by atoms with Gasteiger partial charge in [-0.2, -0.15) is 0 Å². The number of carbonyl (C=O) groups excluding carboxylic acids is 2. The molecular formula is C32H40FN5O4.